The molecular formula is C15H26N2O3. The van der Waals surface area contributed by atoms with Crippen molar-refractivity contribution in [2.75, 3.05) is 52.5 Å². The molecule has 5 aliphatic heterocycles. The van der Waals surface area contributed by atoms with E-state index in [1.165, 1.54) is 13.1 Å². The van der Waals surface area contributed by atoms with Gasteiger partial charge < -0.3 is 14.6 Å². The first kappa shape index (κ1) is 13.5. The summed E-state index contributed by atoms with van der Waals surface area (Å²) in [5, 5.41) is 10.9. The predicted molar refractivity (Wildman–Crippen MR) is 74.7 cm³/mol. The van der Waals surface area contributed by atoms with Crippen LogP contribution in [0.25, 0.3) is 0 Å². The molecule has 0 amide bonds. The highest BCUT2D eigenvalue weighted by Gasteiger charge is 2.46. The van der Waals surface area contributed by atoms with Gasteiger partial charge in [0, 0.05) is 58.4 Å². The van der Waals surface area contributed by atoms with E-state index in [4.69, 9.17) is 9.47 Å². The molecule has 20 heavy (non-hydrogen) atoms. The first-order valence-corrected chi connectivity index (χ1v) is 8.12. The van der Waals surface area contributed by atoms with E-state index in [2.05, 4.69) is 9.80 Å². The van der Waals surface area contributed by atoms with E-state index in [0.29, 0.717) is 12.0 Å². The van der Waals surface area contributed by atoms with E-state index in [-0.39, 0.29) is 11.7 Å². The van der Waals surface area contributed by atoms with Crippen LogP contribution in [0.3, 0.4) is 0 Å². The zero-order valence-corrected chi connectivity index (χ0v) is 12.2. The highest BCUT2D eigenvalue weighted by Crippen LogP contribution is 2.38. The van der Waals surface area contributed by atoms with Crippen molar-refractivity contribution < 1.29 is 14.6 Å². The van der Waals surface area contributed by atoms with Crippen molar-refractivity contribution >= 4 is 0 Å². The van der Waals surface area contributed by atoms with Gasteiger partial charge in [-0.25, -0.2) is 0 Å². The summed E-state index contributed by atoms with van der Waals surface area (Å²) < 4.78 is 11.5. The molecule has 0 aromatic heterocycles. The van der Waals surface area contributed by atoms with E-state index >= 15 is 0 Å². The Kier molecular flexibility index (Phi) is 3.51. The van der Waals surface area contributed by atoms with Gasteiger partial charge in [0.2, 0.25) is 0 Å². The Morgan fingerprint density at radius 3 is 2.65 bits per heavy atom. The molecule has 5 aliphatic rings. The zero-order valence-electron chi connectivity index (χ0n) is 12.2. The molecule has 4 atom stereocenters. The fraction of sp³-hybridized carbons (Fsp3) is 1.00. The number of piperazine rings is 3. The quantitative estimate of drug-likeness (QED) is 0.768. The third-order valence-electron chi connectivity index (χ3n) is 5.80. The molecule has 0 radical (unpaired) electrons. The SMILES string of the molecule is OC(C1CCOC2(CCOC2)C1)C1CN2CCN1CC2. The molecule has 0 aromatic carbocycles. The van der Waals surface area contributed by atoms with Crippen LogP contribution in [0.15, 0.2) is 0 Å². The van der Waals surface area contributed by atoms with Crippen LogP contribution in [0.5, 0.6) is 0 Å². The standard InChI is InChI=1S/C15H26N2O3/c18-14(13-10-16-3-5-17(13)6-4-16)12-1-7-20-15(9-12)2-8-19-11-15/h12-14,18H,1-11H2. The summed E-state index contributed by atoms with van der Waals surface area (Å²) in [5.41, 5.74) is -0.0901. The summed E-state index contributed by atoms with van der Waals surface area (Å²) in [6.45, 7) is 7.95. The van der Waals surface area contributed by atoms with Crippen molar-refractivity contribution in [2.45, 2.75) is 37.0 Å². The van der Waals surface area contributed by atoms with Crippen LogP contribution in [0.4, 0.5) is 0 Å². The number of ether oxygens (including phenoxy) is 2. The van der Waals surface area contributed by atoms with Crippen LogP contribution >= 0.6 is 0 Å². The lowest BCUT2D eigenvalue weighted by Crippen LogP contribution is -2.65. The van der Waals surface area contributed by atoms with Crippen LogP contribution in [-0.4, -0.2) is 85.2 Å². The summed E-state index contributed by atoms with van der Waals surface area (Å²) in [6.07, 6.45) is 2.75. The van der Waals surface area contributed by atoms with Gasteiger partial charge in [-0.3, -0.25) is 9.80 Å². The number of hydrogen-bond acceptors (Lipinski definition) is 5. The average molecular weight is 282 g/mol. The average Bonchev–Trinajstić information content (AvgIpc) is 2.95. The lowest BCUT2D eigenvalue weighted by molar-refractivity contribution is -0.136. The summed E-state index contributed by atoms with van der Waals surface area (Å²) in [6, 6.07) is 0.333. The molecule has 0 aromatic rings. The third-order valence-corrected chi connectivity index (χ3v) is 5.80. The van der Waals surface area contributed by atoms with E-state index in [0.717, 1.165) is 58.7 Å². The molecule has 5 nitrogen and oxygen atoms in total. The number of aliphatic hydroxyl groups is 1. The zero-order chi connectivity index (χ0) is 13.6. The fourth-order valence-electron chi connectivity index (χ4n) is 4.52. The van der Waals surface area contributed by atoms with Gasteiger partial charge in [-0.15, -0.1) is 0 Å². The van der Waals surface area contributed by atoms with Gasteiger partial charge in [-0.2, -0.15) is 0 Å². The highest BCUT2D eigenvalue weighted by atomic mass is 16.6. The minimum Gasteiger partial charge on any atom is -0.391 e. The van der Waals surface area contributed by atoms with Crippen molar-refractivity contribution in [1.29, 1.82) is 0 Å². The van der Waals surface area contributed by atoms with Crippen LogP contribution in [0, 0.1) is 5.92 Å². The van der Waals surface area contributed by atoms with Crippen molar-refractivity contribution in [1.82, 2.24) is 9.80 Å². The molecule has 5 fully saturated rings. The summed E-state index contributed by atoms with van der Waals surface area (Å²) >= 11 is 0. The van der Waals surface area contributed by atoms with Crippen molar-refractivity contribution in [3.8, 4) is 0 Å². The van der Waals surface area contributed by atoms with Crippen LogP contribution in [0.2, 0.25) is 0 Å². The molecule has 1 N–H and O–H groups in total. The Balaban J connectivity index is 1.44. The number of nitrogens with zero attached hydrogens (tertiary/aromatic N) is 2. The van der Waals surface area contributed by atoms with Gasteiger partial charge in [-0.1, -0.05) is 0 Å². The lowest BCUT2D eigenvalue weighted by atomic mass is 9.79. The second-order valence-corrected chi connectivity index (χ2v) is 6.98. The lowest BCUT2D eigenvalue weighted by Gasteiger charge is -2.51. The number of hydrogen-bond donors (Lipinski definition) is 1. The smallest absolute Gasteiger partial charge is 0.0940 e. The maximum atomic E-state index is 10.9. The molecule has 114 valence electrons. The topological polar surface area (TPSA) is 45.2 Å². The highest BCUT2D eigenvalue weighted by molar-refractivity contribution is 4.98. The first-order chi connectivity index (χ1) is 9.76. The molecule has 5 saturated heterocycles. The van der Waals surface area contributed by atoms with Crippen molar-refractivity contribution in [3.63, 3.8) is 0 Å². The van der Waals surface area contributed by atoms with Crippen LogP contribution in [0.1, 0.15) is 19.3 Å². The molecule has 5 rings (SSSR count). The van der Waals surface area contributed by atoms with E-state index in [1.807, 2.05) is 0 Å². The Morgan fingerprint density at radius 1 is 1.15 bits per heavy atom. The van der Waals surface area contributed by atoms with Crippen LogP contribution < -0.4 is 0 Å². The molecule has 1 spiro atoms. The van der Waals surface area contributed by atoms with E-state index < -0.39 is 0 Å². The van der Waals surface area contributed by atoms with Gasteiger partial charge in [0.05, 0.1) is 18.3 Å². The van der Waals surface area contributed by atoms with Gasteiger partial charge >= 0.3 is 0 Å². The number of fused-ring (bicyclic) bond motifs is 3. The molecule has 0 saturated carbocycles. The van der Waals surface area contributed by atoms with Crippen molar-refractivity contribution in [2.24, 2.45) is 5.92 Å². The van der Waals surface area contributed by atoms with Crippen molar-refractivity contribution in [3.05, 3.63) is 0 Å². The minimum absolute atomic E-state index is 0.0901. The first-order valence-electron chi connectivity index (χ1n) is 8.12. The Morgan fingerprint density at radius 2 is 2.00 bits per heavy atom. The normalized spacial score (nSPS) is 49.6. The van der Waals surface area contributed by atoms with Crippen LogP contribution in [-0.2, 0) is 9.47 Å². The summed E-state index contributed by atoms with van der Waals surface area (Å²) in [4.78, 5) is 5.00. The van der Waals surface area contributed by atoms with Gasteiger partial charge in [0.25, 0.3) is 0 Å². The number of aliphatic hydroxyl groups excluding tert-OH is 1. The molecule has 2 bridgehead atoms. The van der Waals surface area contributed by atoms with Gasteiger partial charge in [-0.05, 0) is 18.8 Å². The molecular weight excluding hydrogens is 256 g/mol. The largest absolute Gasteiger partial charge is 0.391 e. The maximum Gasteiger partial charge on any atom is 0.0940 e. The Labute approximate surface area is 120 Å². The van der Waals surface area contributed by atoms with E-state index in [1.54, 1.807) is 0 Å². The molecule has 0 aliphatic carbocycles. The molecule has 4 unspecified atom stereocenters. The Hall–Kier alpha value is -0.200. The monoisotopic (exact) mass is 282 g/mol. The maximum absolute atomic E-state index is 10.9. The predicted octanol–water partition coefficient (Wildman–Crippen LogP) is -0.0672. The second kappa shape index (κ2) is 5.21. The fourth-order valence-corrected chi connectivity index (χ4v) is 4.52. The second-order valence-electron chi connectivity index (χ2n) is 6.98. The van der Waals surface area contributed by atoms with Gasteiger partial charge in [0.1, 0.15) is 0 Å². The molecule has 5 heterocycles. The third kappa shape index (κ3) is 2.29. The number of rotatable bonds is 2. The Bertz CT molecular complexity index is 351. The van der Waals surface area contributed by atoms with Gasteiger partial charge in [0.15, 0.2) is 0 Å². The molecule has 5 heteroatoms. The minimum atomic E-state index is -0.209. The summed E-state index contributed by atoms with van der Waals surface area (Å²) in [5.74, 6) is 0.371. The van der Waals surface area contributed by atoms with E-state index in [9.17, 15) is 5.11 Å². The summed E-state index contributed by atoms with van der Waals surface area (Å²) in [7, 11) is 0.